The van der Waals surface area contributed by atoms with Gasteiger partial charge in [-0.25, -0.2) is 9.98 Å². The molecule has 0 aromatic carbocycles. The van der Waals surface area contributed by atoms with Crippen LogP contribution < -0.4 is 43.7 Å². The van der Waals surface area contributed by atoms with Crippen molar-refractivity contribution in [2.45, 2.75) is 0 Å². The largest absolute Gasteiger partial charge is 0.272 e. The van der Waals surface area contributed by atoms with Gasteiger partial charge in [0.05, 0.1) is 0 Å². The molecule has 0 spiro atoms. The van der Waals surface area contributed by atoms with Crippen molar-refractivity contribution in [3.05, 3.63) is 60.8 Å². The standard InChI is InChI=1S/C16H14N10/c17-13(18)25-15(21)23-11-9-7-5-3-1-2-4-6-8-10-12-24-16(22)26-14(19)20/h1-12,17,19H/b2-1+,5-3+,6-4+,9-7+,10-8+,23-11+,24-12+. The molecule has 0 aromatic rings. The third kappa shape index (κ3) is 16.3. The van der Waals surface area contributed by atoms with Gasteiger partial charge in [-0.05, 0) is 12.2 Å². The summed E-state index contributed by atoms with van der Waals surface area (Å²) in [4.78, 5) is 6.88. The number of nitrogens with one attached hydrogen (secondary N) is 2. The van der Waals surface area contributed by atoms with Gasteiger partial charge < -0.3 is 0 Å². The van der Waals surface area contributed by atoms with Gasteiger partial charge in [-0.1, -0.05) is 48.6 Å². The minimum absolute atomic E-state index is 0.718. The summed E-state index contributed by atoms with van der Waals surface area (Å²) < 4.78 is 0. The molecule has 10 nitrogen and oxygen atoms in total. The number of aliphatic imine (C=N–C) groups is 2. The van der Waals surface area contributed by atoms with Gasteiger partial charge in [0.1, 0.15) is 0 Å². The second-order valence-electron chi connectivity index (χ2n) is 3.95. The zero-order valence-corrected chi connectivity index (χ0v) is 13.5. The molecule has 0 aliphatic carbocycles. The van der Waals surface area contributed by atoms with Crippen molar-refractivity contribution in [3.63, 3.8) is 0 Å². The van der Waals surface area contributed by atoms with Crippen LogP contribution in [0.15, 0.2) is 70.7 Å². The molecule has 0 fully saturated rings. The first-order chi connectivity index (χ1) is 12.4. The lowest BCUT2D eigenvalue weighted by atomic mass is 10.3. The number of guanidine groups is 4. The maximum atomic E-state index is 8.99. The summed E-state index contributed by atoms with van der Waals surface area (Å²) in [6.07, 6.45) is 19.3. The minimum Gasteiger partial charge on any atom is -0.264 e. The normalized spacial score (nSPS) is 12.5. The fraction of sp³-hybridized carbons (Fsp3) is 0. The molecular formula is C16H14N10. The predicted molar refractivity (Wildman–Crippen MR) is 102 cm³/mol. The van der Waals surface area contributed by atoms with Crippen LogP contribution in [-0.2, 0) is 0 Å². The molecule has 0 aromatic heterocycles. The van der Waals surface area contributed by atoms with Crippen molar-refractivity contribution < 1.29 is 0 Å². The van der Waals surface area contributed by atoms with Crippen LogP contribution in [0.5, 0.6) is 0 Å². The van der Waals surface area contributed by atoms with Crippen LogP contribution in [0, 0.1) is 0 Å². The molecule has 0 amide bonds. The molecule has 26 heavy (non-hydrogen) atoms. The summed E-state index contributed by atoms with van der Waals surface area (Å²) >= 11 is 0. The Balaban J connectivity index is 4.04. The highest BCUT2D eigenvalue weighted by Gasteiger charge is 1.97. The van der Waals surface area contributed by atoms with E-state index in [4.69, 9.17) is 33.1 Å². The Bertz CT molecular complexity index is 645. The minimum atomic E-state index is -1.03. The van der Waals surface area contributed by atoms with Gasteiger partial charge in [0.2, 0.25) is 0 Å². The molecule has 128 valence electrons. The first kappa shape index (κ1) is 21.9. The number of rotatable bonds is 6. The van der Waals surface area contributed by atoms with Crippen molar-refractivity contribution in [1.29, 1.82) is 0 Å². The van der Waals surface area contributed by atoms with Gasteiger partial charge in [0.25, 0.3) is 23.8 Å². The lowest BCUT2D eigenvalue weighted by molar-refractivity contribution is 1.23. The van der Waals surface area contributed by atoms with Crippen molar-refractivity contribution >= 4 is 36.3 Å². The van der Waals surface area contributed by atoms with Crippen LogP contribution in [-0.4, -0.2) is 36.3 Å². The smallest absolute Gasteiger partial charge is 0.264 e. The molecule has 0 heterocycles. The van der Waals surface area contributed by atoms with Gasteiger partial charge in [-0.15, -0.1) is 21.6 Å². The molecule has 0 saturated carbocycles. The maximum absolute atomic E-state index is 8.99. The molecule has 2 N–H and O–H groups in total. The van der Waals surface area contributed by atoms with Crippen LogP contribution >= 0.6 is 0 Å². The fourth-order valence-corrected chi connectivity index (χ4v) is 1.08. The zero-order valence-electron chi connectivity index (χ0n) is 13.5. The van der Waals surface area contributed by atoms with Crippen LogP contribution in [0.25, 0.3) is 0 Å². The molecule has 8 radical (unpaired) electrons. The number of allylic oxidation sites excluding steroid dienone is 10. The van der Waals surface area contributed by atoms with E-state index in [0.717, 1.165) is 0 Å². The Morgan fingerprint density at radius 1 is 0.500 bits per heavy atom. The Kier molecular flexibility index (Phi) is 12.2. The van der Waals surface area contributed by atoms with Crippen LogP contribution in [0.3, 0.4) is 0 Å². The average Bonchev–Trinajstić information content (AvgIpc) is 2.53. The van der Waals surface area contributed by atoms with E-state index < -0.39 is 23.8 Å². The van der Waals surface area contributed by atoms with Gasteiger partial charge in [-0.2, -0.15) is 10.6 Å². The maximum Gasteiger partial charge on any atom is 0.272 e. The molecule has 0 saturated heterocycles. The second kappa shape index (κ2) is 14.5. The Morgan fingerprint density at radius 3 is 1.04 bits per heavy atom. The van der Waals surface area contributed by atoms with Gasteiger partial charge in [-0.3, -0.25) is 11.5 Å². The van der Waals surface area contributed by atoms with E-state index in [0.29, 0.717) is 0 Å². The SMILES string of the molecule is [N]=C([NH])[N]C(=[N])/N=C/C=C/C=C/C=C/C=C/C=C/C=N/C(=[N])[N]C(=[N])[NH]. The predicted octanol–water partition coefficient (Wildman–Crippen LogP) is -1.69. The Hall–Kier alpha value is -4.08. The molecule has 0 aliphatic heterocycles. The molecule has 0 rings (SSSR count). The van der Waals surface area contributed by atoms with E-state index in [9.17, 15) is 0 Å². The van der Waals surface area contributed by atoms with Crippen molar-refractivity contribution in [2.75, 3.05) is 0 Å². The second-order valence-corrected chi connectivity index (χ2v) is 3.95. The average molecular weight is 346 g/mol. The summed E-state index contributed by atoms with van der Waals surface area (Å²) in [5, 5.41) is 40.9. The van der Waals surface area contributed by atoms with E-state index in [1.807, 2.05) is 0 Å². The Morgan fingerprint density at radius 2 is 0.769 bits per heavy atom. The van der Waals surface area contributed by atoms with Gasteiger partial charge in [0, 0.05) is 12.4 Å². The Labute approximate surface area is 151 Å². The molecule has 10 heteroatoms. The third-order valence-electron chi connectivity index (χ3n) is 1.96. The van der Waals surface area contributed by atoms with E-state index in [1.165, 1.54) is 24.6 Å². The molecule has 0 aliphatic rings. The van der Waals surface area contributed by atoms with Crippen molar-refractivity contribution in [2.24, 2.45) is 9.98 Å². The molecule has 0 unspecified atom stereocenters. The topological polar surface area (TPSA) is 190 Å². The summed E-state index contributed by atoms with van der Waals surface area (Å²) in [6.45, 7) is 0. The fourth-order valence-electron chi connectivity index (χ4n) is 1.08. The summed E-state index contributed by atoms with van der Waals surface area (Å²) in [7, 11) is 0. The highest BCUT2D eigenvalue weighted by molar-refractivity contribution is 6.00. The van der Waals surface area contributed by atoms with Crippen LogP contribution in [0.2, 0.25) is 0 Å². The molecule has 0 bridgehead atoms. The van der Waals surface area contributed by atoms with Gasteiger partial charge >= 0.3 is 0 Å². The van der Waals surface area contributed by atoms with E-state index >= 15 is 0 Å². The number of hydrogen-bond donors (Lipinski definition) is 0. The van der Waals surface area contributed by atoms with E-state index in [-0.39, 0.29) is 0 Å². The first-order valence-corrected chi connectivity index (χ1v) is 6.92. The van der Waals surface area contributed by atoms with Crippen molar-refractivity contribution in [1.82, 2.24) is 43.7 Å². The monoisotopic (exact) mass is 346 g/mol. The summed E-state index contributed by atoms with van der Waals surface area (Å²) in [5.41, 5.74) is 13.2. The number of nitrogens with zero attached hydrogens (tertiary/aromatic N) is 8. The van der Waals surface area contributed by atoms with Gasteiger partial charge in [0.15, 0.2) is 0 Å². The highest BCUT2D eigenvalue weighted by atomic mass is 15.2. The quantitative estimate of drug-likeness (QED) is 0.301. The van der Waals surface area contributed by atoms with Crippen molar-refractivity contribution in [3.8, 4) is 0 Å². The zero-order chi connectivity index (χ0) is 19.6. The van der Waals surface area contributed by atoms with E-state index in [2.05, 4.69) is 20.6 Å². The lowest BCUT2D eigenvalue weighted by Crippen LogP contribution is -2.23. The molecular weight excluding hydrogens is 332 g/mol. The molecule has 0 atom stereocenters. The lowest BCUT2D eigenvalue weighted by Gasteiger charge is -1.89. The van der Waals surface area contributed by atoms with Crippen LogP contribution in [0.4, 0.5) is 0 Å². The summed E-state index contributed by atoms with van der Waals surface area (Å²) in [5.74, 6) is -3.49. The van der Waals surface area contributed by atoms with Crippen LogP contribution in [0.1, 0.15) is 0 Å². The number of hydrogen-bond acceptors (Lipinski definition) is 0. The third-order valence-corrected chi connectivity index (χ3v) is 1.96. The highest BCUT2D eigenvalue weighted by Crippen LogP contribution is 1.83. The summed E-state index contributed by atoms with van der Waals surface area (Å²) in [6, 6.07) is 0. The van der Waals surface area contributed by atoms with E-state index in [1.54, 1.807) is 48.6 Å². The first-order valence-electron chi connectivity index (χ1n) is 6.92.